The number of benzene rings is 2. The second-order valence-electron chi connectivity index (χ2n) is 5.03. The van der Waals surface area contributed by atoms with Crippen molar-refractivity contribution in [3.63, 3.8) is 0 Å². The average Bonchev–Trinajstić information content (AvgIpc) is 3.02. The number of thiazole rings is 1. The normalized spacial score (nSPS) is 10.3. The van der Waals surface area contributed by atoms with Gasteiger partial charge in [-0.2, -0.15) is 0 Å². The number of carbonyl (C=O) groups excluding carboxylic acids is 1. The van der Waals surface area contributed by atoms with Crippen LogP contribution in [0.4, 0.5) is 5.69 Å². The Balaban J connectivity index is 1.85. The third-order valence-corrected chi connectivity index (χ3v) is 4.36. The smallest absolute Gasteiger partial charge is 0.255 e. The summed E-state index contributed by atoms with van der Waals surface area (Å²) in [6.45, 7) is 1.96. The highest BCUT2D eigenvalue weighted by Crippen LogP contribution is 2.26. The van der Waals surface area contributed by atoms with Crippen LogP contribution in [0.3, 0.4) is 0 Å². The molecule has 0 fully saturated rings. The molecule has 2 aromatic carbocycles. The number of carbonyl (C=O) groups is 1. The van der Waals surface area contributed by atoms with Gasteiger partial charge in [-0.25, -0.2) is 4.98 Å². The maximum Gasteiger partial charge on any atom is 0.255 e. The second-order valence-corrected chi connectivity index (χ2v) is 5.89. The average molecular weight is 324 g/mol. The number of ether oxygens (including phenoxy) is 1. The molecule has 0 aliphatic carbocycles. The van der Waals surface area contributed by atoms with Gasteiger partial charge < -0.3 is 10.1 Å². The third kappa shape index (κ3) is 3.40. The van der Waals surface area contributed by atoms with Crippen LogP contribution in [-0.2, 0) is 0 Å². The number of aromatic nitrogens is 1. The van der Waals surface area contributed by atoms with Crippen molar-refractivity contribution in [2.45, 2.75) is 6.92 Å². The molecule has 1 heterocycles. The fourth-order valence-electron chi connectivity index (χ4n) is 2.22. The van der Waals surface area contributed by atoms with Gasteiger partial charge in [-0.3, -0.25) is 4.79 Å². The summed E-state index contributed by atoms with van der Waals surface area (Å²) in [5.74, 6) is 0.456. The molecular weight excluding hydrogens is 308 g/mol. The van der Waals surface area contributed by atoms with Crippen molar-refractivity contribution in [3.05, 3.63) is 65.2 Å². The van der Waals surface area contributed by atoms with Crippen molar-refractivity contribution in [1.29, 1.82) is 0 Å². The van der Waals surface area contributed by atoms with E-state index in [9.17, 15) is 4.79 Å². The minimum absolute atomic E-state index is 0.176. The Hall–Kier alpha value is -2.66. The summed E-state index contributed by atoms with van der Waals surface area (Å²) in [6, 6.07) is 14.8. The van der Waals surface area contributed by atoms with Crippen LogP contribution < -0.4 is 10.1 Å². The van der Waals surface area contributed by atoms with Gasteiger partial charge in [0.25, 0.3) is 5.91 Å². The number of nitrogens with one attached hydrogen (secondary N) is 1. The number of para-hydroxylation sites is 2. The molecule has 5 heteroatoms. The quantitative estimate of drug-likeness (QED) is 0.775. The lowest BCUT2D eigenvalue weighted by Gasteiger charge is -2.10. The van der Waals surface area contributed by atoms with Crippen molar-refractivity contribution in [3.8, 4) is 16.3 Å². The van der Waals surface area contributed by atoms with E-state index in [1.807, 2.05) is 54.8 Å². The molecule has 0 bridgehead atoms. The minimum Gasteiger partial charge on any atom is -0.495 e. The first kappa shape index (κ1) is 15.2. The molecule has 0 radical (unpaired) electrons. The Bertz CT molecular complexity index is 842. The van der Waals surface area contributed by atoms with Gasteiger partial charge in [0.15, 0.2) is 0 Å². The van der Waals surface area contributed by atoms with Crippen molar-refractivity contribution >= 4 is 22.9 Å². The van der Waals surface area contributed by atoms with E-state index in [0.29, 0.717) is 17.0 Å². The zero-order valence-corrected chi connectivity index (χ0v) is 13.7. The lowest BCUT2D eigenvalue weighted by atomic mass is 10.1. The van der Waals surface area contributed by atoms with E-state index < -0.39 is 0 Å². The Morgan fingerprint density at radius 3 is 2.74 bits per heavy atom. The molecule has 0 saturated carbocycles. The van der Waals surface area contributed by atoms with E-state index in [1.54, 1.807) is 24.5 Å². The highest BCUT2D eigenvalue weighted by molar-refractivity contribution is 7.13. The molecule has 4 nitrogen and oxygen atoms in total. The summed E-state index contributed by atoms with van der Waals surface area (Å²) < 4.78 is 5.25. The highest BCUT2D eigenvalue weighted by atomic mass is 32.1. The maximum absolute atomic E-state index is 12.5. The molecule has 116 valence electrons. The van der Waals surface area contributed by atoms with E-state index in [1.165, 1.54) is 0 Å². The molecule has 0 aliphatic rings. The van der Waals surface area contributed by atoms with Crippen LogP contribution in [0.25, 0.3) is 10.6 Å². The van der Waals surface area contributed by atoms with Crippen molar-refractivity contribution < 1.29 is 9.53 Å². The first-order valence-electron chi connectivity index (χ1n) is 7.14. The SMILES string of the molecule is COc1ccccc1NC(=O)c1cccc(-c2nc(C)cs2)c1. The number of amides is 1. The Morgan fingerprint density at radius 2 is 2.00 bits per heavy atom. The van der Waals surface area contributed by atoms with E-state index in [4.69, 9.17) is 4.74 Å². The van der Waals surface area contributed by atoms with Gasteiger partial charge in [0, 0.05) is 22.2 Å². The molecule has 0 atom stereocenters. The van der Waals surface area contributed by atoms with Crippen LogP contribution in [0.2, 0.25) is 0 Å². The van der Waals surface area contributed by atoms with Gasteiger partial charge in [-0.15, -0.1) is 11.3 Å². The molecule has 1 amide bonds. The predicted octanol–water partition coefficient (Wildman–Crippen LogP) is 4.38. The van der Waals surface area contributed by atoms with Gasteiger partial charge in [0.2, 0.25) is 0 Å². The Kier molecular flexibility index (Phi) is 4.39. The number of rotatable bonds is 4. The van der Waals surface area contributed by atoms with Gasteiger partial charge in [0.1, 0.15) is 10.8 Å². The molecule has 3 aromatic rings. The van der Waals surface area contributed by atoms with E-state index in [-0.39, 0.29) is 5.91 Å². The number of aryl methyl sites for hydroxylation is 1. The van der Waals surface area contributed by atoms with Crippen LogP contribution in [0, 0.1) is 6.92 Å². The summed E-state index contributed by atoms with van der Waals surface area (Å²) in [6.07, 6.45) is 0. The van der Waals surface area contributed by atoms with Crippen LogP contribution in [0.1, 0.15) is 16.1 Å². The van der Waals surface area contributed by atoms with Crippen LogP contribution >= 0.6 is 11.3 Å². The van der Waals surface area contributed by atoms with Crippen LogP contribution in [0.15, 0.2) is 53.9 Å². The molecule has 1 N–H and O–H groups in total. The minimum atomic E-state index is -0.176. The molecular formula is C18H16N2O2S. The first-order chi connectivity index (χ1) is 11.2. The monoisotopic (exact) mass is 324 g/mol. The van der Waals surface area contributed by atoms with Crippen molar-refractivity contribution in [1.82, 2.24) is 4.98 Å². The van der Waals surface area contributed by atoms with Gasteiger partial charge in [-0.05, 0) is 31.2 Å². The fourth-order valence-corrected chi connectivity index (χ4v) is 3.02. The van der Waals surface area contributed by atoms with Gasteiger partial charge in [0.05, 0.1) is 12.8 Å². The van der Waals surface area contributed by atoms with Gasteiger partial charge in [-0.1, -0.05) is 24.3 Å². The first-order valence-corrected chi connectivity index (χ1v) is 8.02. The van der Waals surface area contributed by atoms with E-state index in [2.05, 4.69) is 10.3 Å². The largest absolute Gasteiger partial charge is 0.495 e. The fraction of sp³-hybridized carbons (Fsp3) is 0.111. The maximum atomic E-state index is 12.5. The zero-order chi connectivity index (χ0) is 16.2. The Morgan fingerprint density at radius 1 is 1.17 bits per heavy atom. The lowest BCUT2D eigenvalue weighted by molar-refractivity contribution is 0.102. The number of anilines is 1. The summed E-state index contributed by atoms with van der Waals surface area (Å²) in [5.41, 5.74) is 3.15. The highest BCUT2D eigenvalue weighted by Gasteiger charge is 2.11. The molecule has 23 heavy (non-hydrogen) atoms. The molecule has 0 spiro atoms. The topological polar surface area (TPSA) is 51.2 Å². The summed E-state index contributed by atoms with van der Waals surface area (Å²) >= 11 is 1.57. The third-order valence-electron chi connectivity index (χ3n) is 3.35. The number of nitrogens with zero attached hydrogens (tertiary/aromatic N) is 1. The predicted molar refractivity (Wildman–Crippen MR) is 93.2 cm³/mol. The summed E-state index contributed by atoms with van der Waals surface area (Å²) in [5, 5.41) is 5.79. The van der Waals surface area contributed by atoms with E-state index in [0.717, 1.165) is 16.3 Å². The second kappa shape index (κ2) is 6.62. The molecule has 1 aromatic heterocycles. The number of methoxy groups -OCH3 is 1. The Labute approximate surface area is 138 Å². The molecule has 3 rings (SSSR count). The number of hydrogen-bond acceptors (Lipinski definition) is 4. The van der Waals surface area contributed by atoms with E-state index >= 15 is 0 Å². The number of hydrogen-bond donors (Lipinski definition) is 1. The van der Waals surface area contributed by atoms with Crippen LogP contribution in [-0.4, -0.2) is 18.0 Å². The van der Waals surface area contributed by atoms with Crippen molar-refractivity contribution in [2.24, 2.45) is 0 Å². The standard InChI is InChI=1S/C18H16N2O2S/c1-12-11-23-18(19-12)14-7-5-6-13(10-14)17(21)20-15-8-3-4-9-16(15)22-2/h3-11H,1-2H3,(H,20,21). The van der Waals surface area contributed by atoms with Gasteiger partial charge >= 0.3 is 0 Å². The molecule has 0 unspecified atom stereocenters. The molecule has 0 aliphatic heterocycles. The zero-order valence-electron chi connectivity index (χ0n) is 12.9. The van der Waals surface area contributed by atoms with Crippen LogP contribution in [0.5, 0.6) is 5.75 Å². The summed E-state index contributed by atoms with van der Waals surface area (Å²) in [7, 11) is 1.58. The summed E-state index contributed by atoms with van der Waals surface area (Å²) in [4.78, 5) is 16.9. The lowest BCUT2D eigenvalue weighted by Crippen LogP contribution is -2.12. The van der Waals surface area contributed by atoms with Crippen molar-refractivity contribution in [2.75, 3.05) is 12.4 Å². The molecule has 0 saturated heterocycles.